The number of hydrogen-bond acceptors (Lipinski definition) is 1. The largest absolute Gasteiger partial charge is 0.289 e. The normalized spacial score (nSPS) is 13.7. The number of rotatable bonds is 8. The Bertz CT molecular complexity index is 582. The molecule has 0 aliphatic heterocycles. The molecule has 0 aromatic heterocycles. The first kappa shape index (κ1) is 26.9. The second-order valence-corrected chi connectivity index (χ2v) is 11.3. The zero-order valence-corrected chi connectivity index (χ0v) is 20.8. The number of benzene rings is 1. The van der Waals surface area contributed by atoms with Crippen molar-refractivity contribution in [3.05, 3.63) is 34.4 Å². The Morgan fingerprint density at radius 3 is 1.67 bits per heavy atom. The SMILES string of the molecule is CC(CPC(=O)c1c(C(C)C)cc(C(C)C)cc1C(C)C)CC(C)(C)C.[Li]. The molecule has 1 nitrogen and oxygen atoms in total. The van der Waals surface area contributed by atoms with Crippen molar-refractivity contribution in [1.82, 2.24) is 0 Å². The van der Waals surface area contributed by atoms with Crippen molar-refractivity contribution in [3.8, 4) is 0 Å². The van der Waals surface area contributed by atoms with E-state index >= 15 is 0 Å². The van der Waals surface area contributed by atoms with E-state index in [1.807, 2.05) is 0 Å². The topological polar surface area (TPSA) is 17.1 Å². The maximum Gasteiger partial charge on any atom is 0.181 e. The second-order valence-electron chi connectivity index (χ2n) is 10.1. The van der Waals surface area contributed by atoms with Crippen LogP contribution in [0.4, 0.5) is 0 Å². The first-order chi connectivity index (χ1) is 11.8. The smallest absolute Gasteiger partial charge is 0.181 e. The molecule has 0 saturated heterocycles. The summed E-state index contributed by atoms with van der Waals surface area (Å²) in [5.41, 5.74) is 5.59. The van der Waals surface area contributed by atoms with Gasteiger partial charge in [-0.15, -0.1) is 0 Å². The van der Waals surface area contributed by atoms with Crippen LogP contribution < -0.4 is 0 Å². The van der Waals surface area contributed by atoms with Gasteiger partial charge in [0, 0.05) is 24.4 Å². The van der Waals surface area contributed by atoms with Gasteiger partial charge in [-0.05, 0) is 66.9 Å². The monoisotopic (exact) mass is 383 g/mol. The van der Waals surface area contributed by atoms with E-state index in [-0.39, 0.29) is 18.9 Å². The van der Waals surface area contributed by atoms with Gasteiger partial charge in [0.2, 0.25) is 0 Å². The van der Waals surface area contributed by atoms with Crippen LogP contribution in [0.1, 0.15) is 120 Å². The summed E-state index contributed by atoms with van der Waals surface area (Å²) in [5.74, 6) is 1.84. The van der Waals surface area contributed by atoms with Crippen LogP contribution in [0.2, 0.25) is 0 Å². The Hall–Kier alpha value is -0.0826. The third-order valence-corrected chi connectivity index (χ3v) is 6.40. The molecule has 3 heteroatoms. The molecule has 0 aliphatic carbocycles. The van der Waals surface area contributed by atoms with Gasteiger partial charge in [-0.2, -0.15) is 0 Å². The molecule has 0 bridgehead atoms. The van der Waals surface area contributed by atoms with Crippen molar-refractivity contribution in [3.63, 3.8) is 0 Å². The van der Waals surface area contributed by atoms with Crippen molar-refractivity contribution in [1.29, 1.82) is 0 Å². The molecule has 0 N–H and O–H groups in total. The zero-order valence-electron chi connectivity index (χ0n) is 19.8. The Morgan fingerprint density at radius 1 is 0.889 bits per heavy atom. The fraction of sp³-hybridized carbons (Fsp3) is 0.708. The summed E-state index contributed by atoms with van der Waals surface area (Å²) >= 11 is 0. The maximum absolute atomic E-state index is 13.3. The standard InChI is InChI=1S/C24H41OP.Li/c1-15(2)19-11-20(16(3)4)22(21(12-19)17(5)6)23(25)26-14-18(7)13-24(8,9)10;/h11-12,15-18,26H,13-14H2,1-10H3;. The van der Waals surface area contributed by atoms with Crippen LogP contribution in [0.5, 0.6) is 0 Å². The molecule has 1 rings (SSSR count). The molecule has 149 valence electrons. The first-order valence-corrected chi connectivity index (χ1v) is 11.5. The van der Waals surface area contributed by atoms with E-state index in [0.29, 0.717) is 43.2 Å². The quantitative estimate of drug-likeness (QED) is 0.334. The minimum absolute atomic E-state index is 0. The predicted octanol–water partition coefficient (Wildman–Crippen LogP) is 7.57. The van der Waals surface area contributed by atoms with Crippen LogP contribution in [0.25, 0.3) is 0 Å². The molecule has 0 saturated carbocycles. The van der Waals surface area contributed by atoms with Gasteiger partial charge in [0.1, 0.15) is 0 Å². The van der Waals surface area contributed by atoms with E-state index in [1.54, 1.807) is 0 Å². The van der Waals surface area contributed by atoms with Crippen molar-refractivity contribution >= 4 is 33.0 Å². The van der Waals surface area contributed by atoms with Crippen molar-refractivity contribution in [2.75, 3.05) is 6.16 Å². The Balaban J connectivity index is 0.00000676. The van der Waals surface area contributed by atoms with Gasteiger partial charge in [0.25, 0.3) is 0 Å². The second kappa shape index (κ2) is 11.2. The van der Waals surface area contributed by atoms with Crippen LogP contribution in [0.3, 0.4) is 0 Å². The van der Waals surface area contributed by atoms with Crippen LogP contribution in [-0.4, -0.2) is 30.5 Å². The molecule has 0 fully saturated rings. The minimum Gasteiger partial charge on any atom is -0.289 e. The van der Waals surface area contributed by atoms with E-state index < -0.39 is 0 Å². The molecule has 1 aromatic rings. The summed E-state index contributed by atoms with van der Waals surface area (Å²) in [6, 6.07) is 4.58. The van der Waals surface area contributed by atoms with Gasteiger partial charge < -0.3 is 0 Å². The van der Waals surface area contributed by atoms with Gasteiger partial charge in [-0.25, -0.2) is 0 Å². The number of hydrogen-bond donors (Lipinski definition) is 0. The molecule has 2 atom stereocenters. The summed E-state index contributed by atoms with van der Waals surface area (Å²) in [7, 11) is 0.380. The minimum atomic E-state index is 0. The van der Waals surface area contributed by atoms with Crippen molar-refractivity contribution in [2.24, 2.45) is 11.3 Å². The molecule has 0 spiro atoms. The summed E-state index contributed by atoms with van der Waals surface area (Å²) < 4.78 is 0. The van der Waals surface area contributed by atoms with E-state index in [9.17, 15) is 4.79 Å². The average molecular weight is 384 g/mol. The molecular weight excluding hydrogens is 342 g/mol. The number of carbonyl (C=O) groups is 1. The van der Waals surface area contributed by atoms with Gasteiger partial charge in [-0.3, -0.25) is 4.79 Å². The molecule has 27 heavy (non-hydrogen) atoms. The third kappa shape index (κ3) is 8.44. The van der Waals surface area contributed by atoms with Gasteiger partial charge >= 0.3 is 0 Å². The van der Waals surface area contributed by atoms with Crippen LogP contribution >= 0.6 is 8.58 Å². The van der Waals surface area contributed by atoms with Crippen molar-refractivity contribution in [2.45, 2.75) is 93.4 Å². The molecular formula is C24H41LiOP. The fourth-order valence-electron chi connectivity index (χ4n) is 3.69. The fourth-order valence-corrected chi connectivity index (χ4v) is 4.83. The molecule has 2 unspecified atom stereocenters. The summed E-state index contributed by atoms with van der Waals surface area (Å²) in [5, 5.41) is 0. The summed E-state index contributed by atoms with van der Waals surface area (Å²) in [4.78, 5) is 13.3. The first-order valence-electron chi connectivity index (χ1n) is 10.3. The average Bonchev–Trinajstić information content (AvgIpc) is 2.49. The van der Waals surface area contributed by atoms with E-state index in [0.717, 1.165) is 11.7 Å². The Kier molecular flexibility index (Phi) is 11.2. The Labute approximate surface area is 182 Å². The van der Waals surface area contributed by atoms with E-state index in [4.69, 9.17) is 0 Å². The zero-order chi connectivity index (χ0) is 20.2. The van der Waals surface area contributed by atoms with E-state index in [2.05, 4.69) is 81.4 Å². The van der Waals surface area contributed by atoms with Crippen LogP contribution in [0.15, 0.2) is 12.1 Å². The van der Waals surface area contributed by atoms with Crippen LogP contribution in [-0.2, 0) is 0 Å². The Morgan fingerprint density at radius 2 is 1.33 bits per heavy atom. The third-order valence-electron chi connectivity index (χ3n) is 4.93. The molecule has 1 radical (unpaired) electrons. The van der Waals surface area contributed by atoms with Gasteiger partial charge in [0.05, 0.1) is 0 Å². The van der Waals surface area contributed by atoms with Gasteiger partial charge in [0.15, 0.2) is 5.52 Å². The molecule has 1 aromatic carbocycles. The molecule has 0 amide bonds. The predicted molar refractivity (Wildman–Crippen MR) is 125 cm³/mol. The van der Waals surface area contributed by atoms with E-state index in [1.165, 1.54) is 23.1 Å². The molecule has 0 aliphatic rings. The summed E-state index contributed by atoms with van der Waals surface area (Å²) in [6.45, 7) is 22.5. The van der Waals surface area contributed by atoms with Gasteiger partial charge in [-0.1, -0.05) is 81.4 Å². The summed E-state index contributed by atoms with van der Waals surface area (Å²) in [6.07, 6.45) is 2.19. The molecule has 0 heterocycles. The maximum atomic E-state index is 13.3. The van der Waals surface area contributed by atoms with Crippen LogP contribution in [0, 0.1) is 11.3 Å². The van der Waals surface area contributed by atoms with Crippen molar-refractivity contribution < 1.29 is 4.79 Å². The number of carbonyl (C=O) groups excluding carboxylic acids is 1.